The largest absolute Gasteiger partial charge is 0.392 e. The summed E-state index contributed by atoms with van der Waals surface area (Å²) in [7, 11) is 0. The normalized spacial score (nSPS) is 10.8. The quantitative estimate of drug-likeness (QED) is 0.745. The molecule has 0 aliphatic carbocycles. The lowest BCUT2D eigenvalue weighted by Crippen LogP contribution is -2.03. The van der Waals surface area contributed by atoms with Gasteiger partial charge in [-0.2, -0.15) is 5.10 Å². The molecule has 0 saturated heterocycles. The number of aliphatic hydroxyl groups is 1. The van der Waals surface area contributed by atoms with E-state index in [1.54, 1.807) is 10.7 Å². The number of anilines is 1. The standard InChI is InChI=1S/C14H14N4O/c19-10-12-3-1-2-11(8-12)9-15-13-5-7-18-14(17-13)4-6-16-18/h1-8,19H,9-10H2,(H,15,17). The third kappa shape index (κ3) is 2.56. The number of aromatic nitrogens is 3. The molecule has 0 unspecified atom stereocenters. The van der Waals surface area contributed by atoms with E-state index in [0.29, 0.717) is 6.54 Å². The van der Waals surface area contributed by atoms with Crippen LogP contribution >= 0.6 is 0 Å². The van der Waals surface area contributed by atoms with Gasteiger partial charge in [0.25, 0.3) is 0 Å². The highest BCUT2D eigenvalue weighted by Crippen LogP contribution is 2.10. The van der Waals surface area contributed by atoms with E-state index in [0.717, 1.165) is 22.6 Å². The van der Waals surface area contributed by atoms with Crippen LogP contribution in [0, 0.1) is 0 Å². The van der Waals surface area contributed by atoms with E-state index < -0.39 is 0 Å². The van der Waals surface area contributed by atoms with Crippen molar-refractivity contribution in [3.8, 4) is 0 Å². The summed E-state index contributed by atoms with van der Waals surface area (Å²) < 4.78 is 1.72. The molecule has 0 aliphatic heterocycles. The number of hydrogen-bond donors (Lipinski definition) is 2. The smallest absolute Gasteiger partial charge is 0.157 e. The first-order valence-electron chi connectivity index (χ1n) is 6.08. The van der Waals surface area contributed by atoms with Crippen LogP contribution in [0.4, 0.5) is 5.82 Å². The number of nitrogens with one attached hydrogen (secondary N) is 1. The minimum absolute atomic E-state index is 0.0634. The van der Waals surface area contributed by atoms with Crippen LogP contribution in [0.15, 0.2) is 48.8 Å². The average molecular weight is 254 g/mol. The van der Waals surface area contributed by atoms with Crippen LogP contribution in [0.3, 0.4) is 0 Å². The number of rotatable bonds is 4. The Morgan fingerprint density at radius 2 is 2.05 bits per heavy atom. The molecule has 5 nitrogen and oxygen atoms in total. The summed E-state index contributed by atoms with van der Waals surface area (Å²) in [6.07, 6.45) is 3.59. The molecule has 0 bridgehead atoms. The Kier molecular flexibility index (Phi) is 3.12. The molecule has 1 aromatic carbocycles. The molecule has 2 N–H and O–H groups in total. The lowest BCUT2D eigenvalue weighted by Gasteiger charge is -2.07. The van der Waals surface area contributed by atoms with Crippen LogP contribution in [-0.2, 0) is 13.2 Å². The number of aliphatic hydroxyl groups excluding tert-OH is 1. The van der Waals surface area contributed by atoms with Gasteiger partial charge in [0.1, 0.15) is 5.82 Å². The molecule has 3 rings (SSSR count). The van der Waals surface area contributed by atoms with Crippen molar-refractivity contribution in [3.63, 3.8) is 0 Å². The minimum atomic E-state index is 0.0634. The minimum Gasteiger partial charge on any atom is -0.392 e. The number of fused-ring (bicyclic) bond motifs is 1. The van der Waals surface area contributed by atoms with E-state index in [9.17, 15) is 0 Å². The number of benzene rings is 1. The van der Waals surface area contributed by atoms with Crippen molar-refractivity contribution in [3.05, 3.63) is 59.9 Å². The first-order valence-corrected chi connectivity index (χ1v) is 6.08. The molecule has 5 heteroatoms. The van der Waals surface area contributed by atoms with Crippen molar-refractivity contribution in [1.82, 2.24) is 14.6 Å². The molecule has 0 saturated carbocycles. The van der Waals surface area contributed by atoms with Crippen molar-refractivity contribution in [2.45, 2.75) is 13.2 Å². The van der Waals surface area contributed by atoms with Crippen molar-refractivity contribution in [2.75, 3.05) is 5.32 Å². The predicted octanol–water partition coefficient (Wildman–Crippen LogP) is 1.83. The molecule has 2 heterocycles. The second kappa shape index (κ2) is 5.07. The van der Waals surface area contributed by atoms with Crippen LogP contribution in [-0.4, -0.2) is 19.7 Å². The molecule has 0 atom stereocenters. The van der Waals surface area contributed by atoms with E-state index in [1.807, 2.05) is 42.6 Å². The van der Waals surface area contributed by atoms with E-state index in [2.05, 4.69) is 15.4 Å². The highest BCUT2D eigenvalue weighted by atomic mass is 16.3. The van der Waals surface area contributed by atoms with Crippen molar-refractivity contribution < 1.29 is 5.11 Å². The number of nitrogens with zero attached hydrogens (tertiary/aromatic N) is 3. The van der Waals surface area contributed by atoms with Gasteiger partial charge in [0.15, 0.2) is 5.65 Å². The Labute approximate surface area is 110 Å². The molecule has 0 radical (unpaired) electrons. The SMILES string of the molecule is OCc1cccc(CNc2ccn3nccc3n2)c1. The molecular formula is C14H14N4O. The highest BCUT2D eigenvalue weighted by molar-refractivity contribution is 5.45. The Balaban J connectivity index is 1.74. The van der Waals surface area contributed by atoms with Gasteiger partial charge >= 0.3 is 0 Å². The van der Waals surface area contributed by atoms with Crippen LogP contribution in [0.5, 0.6) is 0 Å². The molecule has 0 aliphatic rings. The first-order chi connectivity index (χ1) is 9.35. The van der Waals surface area contributed by atoms with E-state index in [1.165, 1.54) is 0 Å². The maximum absolute atomic E-state index is 9.10. The zero-order valence-corrected chi connectivity index (χ0v) is 10.3. The molecule has 0 amide bonds. The van der Waals surface area contributed by atoms with E-state index >= 15 is 0 Å². The van der Waals surface area contributed by atoms with Crippen LogP contribution in [0.25, 0.3) is 5.65 Å². The zero-order valence-electron chi connectivity index (χ0n) is 10.3. The fraction of sp³-hybridized carbons (Fsp3) is 0.143. The summed E-state index contributed by atoms with van der Waals surface area (Å²) in [6, 6.07) is 11.6. The Morgan fingerprint density at radius 3 is 2.95 bits per heavy atom. The first kappa shape index (κ1) is 11.7. The summed E-state index contributed by atoms with van der Waals surface area (Å²) in [5.74, 6) is 0.808. The van der Waals surface area contributed by atoms with Gasteiger partial charge in [0.2, 0.25) is 0 Å². The van der Waals surface area contributed by atoms with Crippen molar-refractivity contribution in [2.24, 2.45) is 0 Å². The summed E-state index contributed by atoms with van der Waals surface area (Å²) in [4.78, 5) is 4.43. The van der Waals surface area contributed by atoms with Crippen molar-refractivity contribution in [1.29, 1.82) is 0 Å². The van der Waals surface area contributed by atoms with Gasteiger partial charge in [-0.1, -0.05) is 24.3 Å². The maximum Gasteiger partial charge on any atom is 0.157 e. The van der Waals surface area contributed by atoms with Gasteiger partial charge in [0.05, 0.1) is 12.8 Å². The second-order valence-electron chi connectivity index (χ2n) is 4.28. The fourth-order valence-electron chi connectivity index (χ4n) is 1.94. The van der Waals surface area contributed by atoms with Gasteiger partial charge in [0, 0.05) is 18.8 Å². The van der Waals surface area contributed by atoms with Crippen LogP contribution in [0.2, 0.25) is 0 Å². The summed E-state index contributed by atoms with van der Waals surface area (Å²) >= 11 is 0. The predicted molar refractivity (Wildman–Crippen MR) is 72.7 cm³/mol. The summed E-state index contributed by atoms with van der Waals surface area (Å²) in [5.41, 5.74) is 2.84. The molecule has 0 spiro atoms. The van der Waals surface area contributed by atoms with E-state index in [-0.39, 0.29) is 6.61 Å². The second-order valence-corrected chi connectivity index (χ2v) is 4.28. The Morgan fingerprint density at radius 1 is 1.16 bits per heavy atom. The average Bonchev–Trinajstić information content (AvgIpc) is 2.93. The Hall–Kier alpha value is -2.40. The summed E-state index contributed by atoms with van der Waals surface area (Å²) in [6.45, 7) is 0.735. The molecule has 3 aromatic rings. The zero-order chi connectivity index (χ0) is 13.1. The number of hydrogen-bond acceptors (Lipinski definition) is 4. The van der Waals surface area contributed by atoms with Gasteiger partial charge in [-0.3, -0.25) is 0 Å². The fourth-order valence-corrected chi connectivity index (χ4v) is 1.94. The van der Waals surface area contributed by atoms with Gasteiger partial charge in [-0.25, -0.2) is 9.50 Å². The lowest BCUT2D eigenvalue weighted by atomic mass is 10.1. The third-order valence-corrected chi connectivity index (χ3v) is 2.91. The van der Waals surface area contributed by atoms with Crippen LogP contribution < -0.4 is 5.32 Å². The van der Waals surface area contributed by atoms with Gasteiger partial charge in [-0.05, 0) is 17.2 Å². The van der Waals surface area contributed by atoms with Crippen LogP contribution in [0.1, 0.15) is 11.1 Å². The molecular weight excluding hydrogens is 240 g/mol. The van der Waals surface area contributed by atoms with Gasteiger partial charge < -0.3 is 10.4 Å². The molecule has 96 valence electrons. The molecule has 19 heavy (non-hydrogen) atoms. The monoisotopic (exact) mass is 254 g/mol. The molecule has 0 fully saturated rings. The topological polar surface area (TPSA) is 62.5 Å². The highest BCUT2D eigenvalue weighted by Gasteiger charge is 1.99. The maximum atomic E-state index is 9.10. The summed E-state index contributed by atoms with van der Waals surface area (Å²) in [5, 5.41) is 16.5. The van der Waals surface area contributed by atoms with E-state index in [4.69, 9.17) is 5.11 Å². The molecule has 2 aromatic heterocycles. The van der Waals surface area contributed by atoms with Gasteiger partial charge in [-0.15, -0.1) is 0 Å². The van der Waals surface area contributed by atoms with Crippen molar-refractivity contribution >= 4 is 11.5 Å². The Bertz CT molecular complexity index is 692. The lowest BCUT2D eigenvalue weighted by molar-refractivity contribution is 0.281. The third-order valence-electron chi connectivity index (χ3n) is 2.91.